The molecule has 1 aromatic carbocycles. The van der Waals surface area contributed by atoms with Crippen LogP contribution in [0.15, 0.2) is 54.9 Å². The molecule has 1 N–H and O–H groups in total. The molecule has 0 radical (unpaired) electrons. The molecular weight excluding hydrogens is 396 g/mol. The predicted molar refractivity (Wildman–Crippen MR) is 118 cm³/mol. The fraction of sp³-hybridized carbons (Fsp3) is 0.273. The van der Waals surface area contributed by atoms with Crippen molar-refractivity contribution < 1.29 is 4.79 Å². The maximum atomic E-state index is 12.5. The van der Waals surface area contributed by atoms with Gasteiger partial charge in [-0.2, -0.15) is 14.6 Å². The van der Waals surface area contributed by atoms with E-state index in [1.54, 1.807) is 4.52 Å². The van der Waals surface area contributed by atoms with E-state index in [1.807, 2.05) is 49.4 Å². The summed E-state index contributed by atoms with van der Waals surface area (Å²) in [5, 5.41) is 7.56. The summed E-state index contributed by atoms with van der Waals surface area (Å²) >= 11 is 1.54. The van der Waals surface area contributed by atoms with E-state index in [0.717, 1.165) is 52.8 Å². The van der Waals surface area contributed by atoms with Crippen molar-refractivity contribution in [1.29, 1.82) is 0 Å². The van der Waals surface area contributed by atoms with Gasteiger partial charge in [0.05, 0.1) is 10.6 Å². The van der Waals surface area contributed by atoms with Crippen molar-refractivity contribution in [2.24, 2.45) is 0 Å². The number of hydrogen-bond donors (Lipinski definition) is 1. The Morgan fingerprint density at radius 3 is 2.67 bits per heavy atom. The molecule has 1 aliphatic heterocycles. The minimum atomic E-state index is 0.0282. The molecule has 3 aromatic heterocycles. The van der Waals surface area contributed by atoms with Crippen molar-refractivity contribution >= 4 is 28.8 Å². The number of amides is 1. The maximum Gasteiger partial charge on any atom is 0.261 e. The molecule has 0 atom stereocenters. The van der Waals surface area contributed by atoms with E-state index in [-0.39, 0.29) is 11.9 Å². The van der Waals surface area contributed by atoms with Gasteiger partial charge in [0.2, 0.25) is 0 Å². The molecule has 5 rings (SSSR count). The van der Waals surface area contributed by atoms with Gasteiger partial charge >= 0.3 is 0 Å². The molecule has 7 nitrogen and oxygen atoms in total. The van der Waals surface area contributed by atoms with E-state index in [1.165, 1.54) is 17.7 Å². The molecule has 4 heterocycles. The topological polar surface area (TPSA) is 75.4 Å². The van der Waals surface area contributed by atoms with Crippen molar-refractivity contribution in [2.75, 3.05) is 18.0 Å². The number of anilines is 1. The van der Waals surface area contributed by atoms with Crippen molar-refractivity contribution in [3.05, 3.63) is 64.6 Å². The third kappa shape index (κ3) is 3.66. The Morgan fingerprint density at radius 2 is 1.93 bits per heavy atom. The Balaban J connectivity index is 1.33. The summed E-state index contributed by atoms with van der Waals surface area (Å²) in [5.74, 6) is 1.60. The quantitative estimate of drug-likeness (QED) is 0.548. The monoisotopic (exact) mass is 418 g/mol. The highest BCUT2D eigenvalue weighted by atomic mass is 32.1. The van der Waals surface area contributed by atoms with E-state index >= 15 is 0 Å². The van der Waals surface area contributed by atoms with Crippen LogP contribution in [0.2, 0.25) is 0 Å². The molecule has 1 aliphatic rings. The number of piperidine rings is 1. The summed E-state index contributed by atoms with van der Waals surface area (Å²) in [6.07, 6.45) is 3.31. The van der Waals surface area contributed by atoms with Crippen molar-refractivity contribution in [3.63, 3.8) is 0 Å². The van der Waals surface area contributed by atoms with Crippen molar-refractivity contribution in [3.8, 4) is 11.3 Å². The molecule has 152 valence electrons. The number of aryl methyl sites for hydroxylation is 1. The molecule has 1 fully saturated rings. The standard InChI is InChI=1S/C22H22N6OS/c1-15-7-8-19(30-15)21(29)25-17-9-11-27(12-10-17)20-13-18(16-5-3-2-4-6-16)26-22-23-14-24-28(20)22/h2-8,13-14,17H,9-12H2,1H3,(H,25,29). The fourth-order valence-corrected chi connectivity index (χ4v) is 4.62. The minimum absolute atomic E-state index is 0.0282. The number of hydrogen-bond acceptors (Lipinski definition) is 6. The van der Waals surface area contributed by atoms with Gasteiger partial charge in [-0.25, -0.2) is 4.98 Å². The fourth-order valence-electron chi connectivity index (χ4n) is 3.84. The average Bonchev–Trinajstić information content (AvgIpc) is 3.43. The van der Waals surface area contributed by atoms with Gasteiger partial charge in [-0.3, -0.25) is 4.79 Å². The van der Waals surface area contributed by atoms with Crippen LogP contribution in [0.1, 0.15) is 27.4 Å². The highest BCUT2D eigenvalue weighted by molar-refractivity contribution is 7.13. The second kappa shape index (κ2) is 7.87. The predicted octanol–water partition coefficient (Wildman–Crippen LogP) is 3.56. The summed E-state index contributed by atoms with van der Waals surface area (Å²) in [6.45, 7) is 3.69. The minimum Gasteiger partial charge on any atom is -0.356 e. The van der Waals surface area contributed by atoms with Gasteiger partial charge in [0.1, 0.15) is 12.1 Å². The van der Waals surface area contributed by atoms with Crippen molar-refractivity contribution in [2.45, 2.75) is 25.8 Å². The summed E-state index contributed by atoms with van der Waals surface area (Å²) in [5.41, 5.74) is 1.94. The Kier molecular flexibility index (Phi) is 4.92. The Morgan fingerprint density at radius 1 is 1.13 bits per heavy atom. The normalized spacial score (nSPS) is 14.9. The number of nitrogens with zero attached hydrogens (tertiary/aromatic N) is 5. The average molecular weight is 419 g/mol. The Bertz CT molecular complexity index is 1180. The summed E-state index contributed by atoms with van der Waals surface area (Å²) < 4.78 is 1.79. The van der Waals surface area contributed by atoms with Crippen LogP contribution in [-0.2, 0) is 0 Å². The number of carbonyl (C=O) groups excluding carboxylic acids is 1. The zero-order chi connectivity index (χ0) is 20.5. The first-order chi connectivity index (χ1) is 14.7. The first-order valence-electron chi connectivity index (χ1n) is 10.1. The lowest BCUT2D eigenvalue weighted by molar-refractivity contribution is 0.0935. The van der Waals surface area contributed by atoms with Gasteiger partial charge < -0.3 is 10.2 Å². The maximum absolute atomic E-state index is 12.5. The van der Waals surface area contributed by atoms with Crippen LogP contribution >= 0.6 is 11.3 Å². The third-order valence-electron chi connectivity index (χ3n) is 5.42. The van der Waals surface area contributed by atoms with E-state index in [9.17, 15) is 4.79 Å². The van der Waals surface area contributed by atoms with Gasteiger partial charge in [0.25, 0.3) is 11.7 Å². The Hall–Kier alpha value is -3.26. The van der Waals surface area contributed by atoms with E-state index in [2.05, 4.69) is 31.3 Å². The number of aromatic nitrogens is 4. The van der Waals surface area contributed by atoms with Crippen LogP contribution in [-0.4, -0.2) is 44.6 Å². The lowest BCUT2D eigenvalue weighted by atomic mass is 10.0. The molecule has 0 spiro atoms. The van der Waals surface area contributed by atoms with Gasteiger partial charge in [-0.05, 0) is 31.9 Å². The second-order valence-corrected chi connectivity index (χ2v) is 8.77. The second-order valence-electron chi connectivity index (χ2n) is 7.48. The summed E-state index contributed by atoms with van der Waals surface area (Å²) in [6, 6.07) is 16.2. The highest BCUT2D eigenvalue weighted by Gasteiger charge is 2.24. The molecular formula is C22H22N6OS. The molecule has 1 amide bonds. The van der Waals surface area contributed by atoms with E-state index in [0.29, 0.717) is 5.78 Å². The number of fused-ring (bicyclic) bond motifs is 1. The first-order valence-corrected chi connectivity index (χ1v) is 10.9. The third-order valence-corrected chi connectivity index (χ3v) is 6.42. The van der Waals surface area contributed by atoms with Gasteiger partial charge in [-0.1, -0.05) is 30.3 Å². The van der Waals surface area contributed by atoms with Crippen LogP contribution in [0.3, 0.4) is 0 Å². The molecule has 4 aromatic rings. The van der Waals surface area contributed by atoms with Crippen LogP contribution < -0.4 is 10.2 Å². The number of rotatable bonds is 4. The first kappa shape index (κ1) is 18.7. The highest BCUT2D eigenvalue weighted by Crippen LogP contribution is 2.26. The smallest absolute Gasteiger partial charge is 0.261 e. The molecule has 0 aliphatic carbocycles. The number of nitrogens with one attached hydrogen (secondary N) is 1. The molecule has 0 saturated carbocycles. The van der Waals surface area contributed by atoms with Crippen LogP contribution in [0.4, 0.5) is 5.82 Å². The largest absolute Gasteiger partial charge is 0.356 e. The number of benzene rings is 1. The lowest BCUT2D eigenvalue weighted by Crippen LogP contribution is -2.45. The summed E-state index contributed by atoms with van der Waals surface area (Å²) in [4.78, 5) is 25.7. The van der Waals surface area contributed by atoms with Crippen LogP contribution in [0.5, 0.6) is 0 Å². The summed E-state index contributed by atoms with van der Waals surface area (Å²) in [7, 11) is 0. The molecule has 8 heteroatoms. The Labute approximate surface area is 178 Å². The van der Waals surface area contributed by atoms with Crippen LogP contribution in [0, 0.1) is 6.92 Å². The molecule has 1 saturated heterocycles. The lowest BCUT2D eigenvalue weighted by Gasteiger charge is -2.33. The van der Waals surface area contributed by atoms with Crippen molar-refractivity contribution in [1.82, 2.24) is 24.9 Å². The van der Waals surface area contributed by atoms with E-state index in [4.69, 9.17) is 0 Å². The molecule has 0 unspecified atom stereocenters. The SMILES string of the molecule is Cc1ccc(C(=O)NC2CCN(c3cc(-c4ccccc4)nc4ncnn34)CC2)s1. The van der Waals surface area contributed by atoms with E-state index < -0.39 is 0 Å². The number of thiophene rings is 1. The molecule has 30 heavy (non-hydrogen) atoms. The number of carbonyl (C=O) groups is 1. The van der Waals surface area contributed by atoms with Gasteiger partial charge in [0.15, 0.2) is 0 Å². The zero-order valence-corrected chi connectivity index (χ0v) is 17.5. The van der Waals surface area contributed by atoms with Gasteiger partial charge in [0, 0.05) is 35.6 Å². The zero-order valence-electron chi connectivity index (χ0n) is 16.7. The van der Waals surface area contributed by atoms with Gasteiger partial charge in [-0.15, -0.1) is 11.3 Å². The molecule has 0 bridgehead atoms. The van der Waals surface area contributed by atoms with Crippen LogP contribution in [0.25, 0.3) is 17.0 Å².